The monoisotopic (exact) mass is 226 g/mol. The summed E-state index contributed by atoms with van der Waals surface area (Å²) in [7, 11) is -1.41. The van der Waals surface area contributed by atoms with Crippen molar-refractivity contribution in [3.8, 4) is 0 Å². The molecule has 0 saturated carbocycles. The number of allylic oxidation sites excluding steroid dienone is 5. The van der Waals surface area contributed by atoms with Crippen LogP contribution in [0.4, 0.5) is 0 Å². The summed E-state index contributed by atoms with van der Waals surface area (Å²) in [6, 6.07) is 8.04. The lowest BCUT2D eigenvalue weighted by atomic mass is 9.75. The molecule has 1 aromatic carbocycles. The minimum Gasteiger partial charge on any atom is -0.423 e. The van der Waals surface area contributed by atoms with Gasteiger partial charge in [0, 0.05) is 0 Å². The Labute approximate surface area is 102 Å². The van der Waals surface area contributed by atoms with E-state index in [-0.39, 0.29) is 0 Å². The fraction of sp³-hybridized carbons (Fsp3) is 0.143. The summed E-state index contributed by atoms with van der Waals surface area (Å²) >= 11 is 0. The number of hydrogen-bond donors (Lipinski definition) is 2. The molecule has 0 atom stereocenters. The zero-order valence-electron chi connectivity index (χ0n) is 9.85. The maximum Gasteiger partial charge on any atom is 0.484 e. The Bertz CT molecular complexity index is 513. The quantitative estimate of drug-likeness (QED) is 0.758. The molecular weight excluding hydrogens is 211 g/mol. The second-order valence-electron chi connectivity index (χ2n) is 4.19. The van der Waals surface area contributed by atoms with Crippen molar-refractivity contribution in [1.29, 1.82) is 0 Å². The average Bonchev–Trinajstić information content (AvgIpc) is 2.66. The van der Waals surface area contributed by atoms with Crippen molar-refractivity contribution < 1.29 is 10.0 Å². The smallest absolute Gasteiger partial charge is 0.423 e. The van der Waals surface area contributed by atoms with E-state index in [1.807, 2.05) is 24.3 Å². The Morgan fingerprint density at radius 3 is 2.71 bits per heavy atom. The van der Waals surface area contributed by atoms with Crippen LogP contribution in [0.5, 0.6) is 0 Å². The largest absolute Gasteiger partial charge is 0.484 e. The van der Waals surface area contributed by atoms with Crippen LogP contribution in [0.3, 0.4) is 0 Å². The molecule has 0 aliphatic heterocycles. The van der Waals surface area contributed by atoms with Gasteiger partial charge in [-0.05, 0) is 41.1 Å². The van der Waals surface area contributed by atoms with Crippen LogP contribution in [0.15, 0.2) is 54.0 Å². The Balaban J connectivity index is 2.64. The van der Waals surface area contributed by atoms with E-state index < -0.39 is 7.12 Å². The van der Waals surface area contributed by atoms with Crippen molar-refractivity contribution in [3.63, 3.8) is 0 Å². The van der Waals surface area contributed by atoms with Gasteiger partial charge in [-0.3, -0.25) is 0 Å². The molecule has 0 bridgehead atoms. The highest BCUT2D eigenvalue weighted by Gasteiger charge is 2.25. The molecule has 0 fully saturated rings. The lowest BCUT2D eigenvalue weighted by Crippen LogP contribution is -2.14. The van der Waals surface area contributed by atoms with E-state index in [9.17, 15) is 10.0 Å². The first kappa shape index (κ1) is 11.9. The molecule has 0 spiro atoms. The SMILES string of the molecule is C=C/C=C1/Cc2ccccc2/C1=C(/C)B(O)O. The van der Waals surface area contributed by atoms with Crippen molar-refractivity contribution in [2.75, 3.05) is 0 Å². The molecule has 0 unspecified atom stereocenters. The zero-order valence-corrected chi connectivity index (χ0v) is 9.85. The highest BCUT2D eigenvalue weighted by atomic mass is 16.4. The standard InChI is InChI=1S/C14H15BO2/c1-3-6-12-9-11-7-4-5-8-13(11)14(12)10(2)15(16)17/h3-8,16-17H,1,9H2,2H3/b12-6-,14-10-. The van der Waals surface area contributed by atoms with Crippen molar-refractivity contribution in [2.24, 2.45) is 0 Å². The summed E-state index contributed by atoms with van der Waals surface area (Å²) in [4.78, 5) is 0. The summed E-state index contributed by atoms with van der Waals surface area (Å²) in [6.07, 6.45) is 4.49. The lowest BCUT2D eigenvalue weighted by molar-refractivity contribution is 0.419. The summed E-state index contributed by atoms with van der Waals surface area (Å²) in [5.41, 5.74) is 4.92. The van der Waals surface area contributed by atoms with Crippen LogP contribution in [-0.2, 0) is 6.42 Å². The van der Waals surface area contributed by atoms with E-state index in [1.165, 1.54) is 5.56 Å². The van der Waals surface area contributed by atoms with Gasteiger partial charge >= 0.3 is 7.12 Å². The van der Waals surface area contributed by atoms with Gasteiger partial charge in [0.15, 0.2) is 0 Å². The Morgan fingerprint density at radius 2 is 2.06 bits per heavy atom. The first-order valence-corrected chi connectivity index (χ1v) is 5.62. The van der Waals surface area contributed by atoms with Gasteiger partial charge in [0.1, 0.15) is 0 Å². The Hall–Kier alpha value is -1.58. The highest BCUT2D eigenvalue weighted by molar-refractivity contribution is 6.52. The predicted octanol–water partition coefficient (Wildman–Crippen LogP) is 2.14. The Morgan fingerprint density at radius 1 is 1.35 bits per heavy atom. The molecule has 1 aliphatic rings. The van der Waals surface area contributed by atoms with Crippen LogP contribution in [0.1, 0.15) is 18.1 Å². The van der Waals surface area contributed by atoms with Crippen LogP contribution in [-0.4, -0.2) is 17.2 Å². The molecule has 2 nitrogen and oxygen atoms in total. The van der Waals surface area contributed by atoms with Crippen LogP contribution >= 0.6 is 0 Å². The van der Waals surface area contributed by atoms with E-state index in [1.54, 1.807) is 13.0 Å². The van der Waals surface area contributed by atoms with Gasteiger partial charge in [0.05, 0.1) is 0 Å². The molecule has 0 saturated heterocycles. The molecule has 1 aliphatic carbocycles. The van der Waals surface area contributed by atoms with E-state index in [0.717, 1.165) is 23.1 Å². The number of hydrogen-bond acceptors (Lipinski definition) is 2. The van der Waals surface area contributed by atoms with E-state index in [4.69, 9.17) is 0 Å². The summed E-state index contributed by atoms with van der Waals surface area (Å²) in [6.45, 7) is 5.45. The van der Waals surface area contributed by atoms with Gasteiger partial charge in [-0.25, -0.2) is 0 Å². The van der Waals surface area contributed by atoms with Crippen LogP contribution in [0, 0.1) is 0 Å². The normalized spacial score (nSPS) is 19.1. The highest BCUT2D eigenvalue weighted by Crippen LogP contribution is 2.38. The molecule has 17 heavy (non-hydrogen) atoms. The first-order valence-electron chi connectivity index (χ1n) is 5.62. The van der Waals surface area contributed by atoms with Gasteiger partial charge in [-0.1, -0.05) is 43.0 Å². The molecule has 0 radical (unpaired) electrons. The summed E-state index contributed by atoms with van der Waals surface area (Å²) < 4.78 is 0. The zero-order chi connectivity index (χ0) is 12.4. The van der Waals surface area contributed by atoms with Gasteiger partial charge in [-0.15, -0.1) is 0 Å². The number of benzene rings is 1. The molecule has 0 heterocycles. The van der Waals surface area contributed by atoms with Crippen molar-refractivity contribution in [3.05, 3.63) is 65.2 Å². The van der Waals surface area contributed by atoms with E-state index in [0.29, 0.717) is 5.47 Å². The fourth-order valence-corrected chi connectivity index (χ4v) is 2.26. The van der Waals surface area contributed by atoms with Crippen molar-refractivity contribution in [1.82, 2.24) is 0 Å². The summed E-state index contributed by atoms with van der Waals surface area (Å²) in [5.74, 6) is 0. The van der Waals surface area contributed by atoms with Gasteiger partial charge in [0.25, 0.3) is 0 Å². The second-order valence-corrected chi connectivity index (χ2v) is 4.19. The Kier molecular flexibility index (Phi) is 3.32. The third-order valence-electron chi connectivity index (χ3n) is 3.09. The molecule has 86 valence electrons. The molecule has 3 heteroatoms. The molecule has 2 N–H and O–H groups in total. The molecular formula is C14H15BO2. The van der Waals surface area contributed by atoms with Gasteiger partial charge in [-0.2, -0.15) is 0 Å². The van der Waals surface area contributed by atoms with Gasteiger partial charge < -0.3 is 10.0 Å². The maximum atomic E-state index is 9.34. The third kappa shape index (κ3) is 2.12. The molecule has 1 aromatic rings. The van der Waals surface area contributed by atoms with Crippen LogP contribution < -0.4 is 0 Å². The van der Waals surface area contributed by atoms with Gasteiger partial charge in [0.2, 0.25) is 0 Å². The lowest BCUT2D eigenvalue weighted by Gasteiger charge is -2.08. The molecule has 2 rings (SSSR count). The average molecular weight is 226 g/mol. The predicted molar refractivity (Wildman–Crippen MR) is 71.2 cm³/mol. The minimum atomic E-state index is -1.41. The minimum absolute atomic E-state index is 0.586. The van der Waals surface area contributed by atoms with Crippen molar-refractivity contribution in [2.45, 2.75) is 13.3 Å². The molecule has 0 aromatic heterocycles. The summed E-state index contributed by atoms with van der Waals surface area (Å²) in [5, 5.41) is 18.7. The van der Waals surface area contributed by atoms with Crippen molar-refractivity contribution >= 4 is 12.7 Å². The fourth-order valence-electron chi connectivity index (χ4n) is 2.26. The third-order valence-corrected chi connectivity index (χ3v) is 3.09. The maximum absolute atomic E-state index is 9.34. The first-order chi connectivity index (χ1) is 8.15. The topological polar surface area (TPSA) is 40.5 Å². The number of fused-ring (bicyclic) bond motifs is 1. The molecule has 0 amide bonds. The van der Waals surface area contributed by atoms with E-state index in [2.05, 4.69) is 12.6 Å². The van der Waals surface area contributed by atoms with Crippen LogP contribution in [0.2, 0.25) is 0 Å². The van der Waals surface area contributed by atoms with Crippen LogP contribution in [0.25, 0.3) is 5.57 Å². The second kappa shape index (κ2) is 4.74. The number of rotatable bonds is 2. The van der Waals surface area contributed by atoms with E-state index >= 15 is 0 Å².